The van der Waals surface area contributed by atoms with Crippen molar-refractivity contribution in [3.63, 3.8) is 0 Å². The fraction of sp³-hybridized carbons (Fsp3) is 0.0833. The molecule has 4 nitrogen and oxygen atoms in total. The number of nitrogens with zero attached hydrogens (tertiary/aromatic N) is 3. The second kappa shape index (κ2) is 5.41. The third-order valence-electron chi connectivity index (χ3n) is 2.20. The van der Waals surface area contributed by atoms with Gasteiger partial charge in [0.2, 0.25) is 0 Å². The van der Waals surface area contributed by atoms with E-state index in [0.717, 1.165) is 5.56 Å². The minimum atomic E-state index is 0.360. The lowest BCUT2D eigenvalue weighted by molar-refractivity contribution is 1.02. The summed E-state index contributed by atoms with van der Waals surface area (Å²) < 4.78 is 0. The van der Waals surface area contributed by atoms with Gasteiger partial charge >= 0.3 is 0 Å². The highest BCUT2D eigenvalue weighted by atomic mass is 35.5. The molecule has 0 spiro atoms. The smallest absolute Gasteiger partial charge is 0.168 e. The van der Waals surface area contributed by atoms with Crippen LogP contribution in [0.15, 0.2) is 41.5 Å². The van der Waals surface area contributed by atoms with Crippen LogP contribution in [0.4, 0.5) is 5.82 Å². The average Bonchev–Trinajstić information content (AvgIpc) is 2.34. The topological polar surface area (TPSA) is 50.2 Å². The van der Waals surface area contributed by atoms with Crippen molar-refractivity contribution in [1.82, 2.24) is 10.2 Å². The summed E-state index contributed by atoms with van der Waals surface area (Å²) >= 11 is 5.62. The quantitative estimate of drug-likeness (QED) is 0.669. The highest BCUT2D eigenvalue weighted by molar-refractivity contribution is 6.29. The molecule has 0 aliphatic heterocycles. The maximum absolute atomic E-state index is 5.62. The SMILES string of the molecule is Cc1ccccc1C=NNc1ccc(Cl)nn1. The van der Waals surface area contributed by atoms with Gasteiger partial charge in [-0.2, -0.15) is 5.10 Å². The Kier molecular flexibility index (Phi) is 3.67. The first kappa shape index (κ1) is 11.5. The summed E-state index contributed by atoms with van der Waals surface area (Å²) in [6.45, 7) is 2.03. The lowest BCUT2D eigenvalue weighted by Crippen LogP contribution is -1.95. The summed E-state index contributed by atoms with van der Waals surface area (Å²) in [7, 11) is 0. The van der Waals surface area contributed by atoms with E-state index >= 15 is 0 Å². The van der Waals surface area contributed by atoms with E-state index in [1.807, 2.05) is 31.2 Å². The number of halogens is 1. The first-order valence-electron chi connectivity index (χ1n) is 5.09. The van der Waals surface area contributed by atoms with Crippen molar-refractivity contribution in [2.24, 2.45) is 5.10 Å². The van der Waals surface area contributed by atoms with Gasteiger partial charge in [0.1, 0.15) is 0 Å². The number of nitrogens with one attached hydrogen (secondary N) is 1. The molecule has 0 aliphatic rings. The van der Waals surface area contributed by atoms with Crippen LogP contribution >= 0.6 is 11.6 Å². The number of hydrazone groups is 1. The lowest BCUT2D eigenvalue weighted by atomic mass is 10.1. The Morgan fingerprint density at radius 3 is 2.71 bits per heavy atom. The van der Waals surface area contributed by atoms with E-state index in [9.17, 15) is 0 Å². The van der Waals surface area contributed by atoms with Gasteiger partial charge in [0.25, 0.3) is 0 Å². The van der Waals surface area contributed by atoms with E-state index in [0.29, 0.717) is 11.0 Å². The molecule has 0 amide bonds. The van der Waals surface area contributed by atoms with Gasteiger partial charge in [-0.25, -0.2) is 0 Å². The maximum atomic E-state index is 5.62. The van der Waals surface area contributed by atoms with Crippen molar-refractivity contribution in [3.05, 3.63) is 52.7 Å². The van der Waals surface area contributed by atoms with Crippen molar-refractivity contribution in [2.75, 3.05) is 5.43 Å². The second-order valence-corrected chi connectivity index (χ2v) is 3.86. The molecule has 1 aromatic heterocycles. The molecule has 1 N–H and O–H groups in total. The molecule has 0 unspecified atom stereocenters. The van der Waals surface area contributed by atoms with Gasteiger partial charge in [-0.15, -0.1) is 10.2 Å². The first-order chi connectivity index (χ1) is 8.25. The van der Waals surface area contributed by atoms with Crippen LogP contribution in [0.25, 0.3) is 0 Å². The molecule has 0 saturated carbocycles. The fourth-order valence-electron chi connectivity index (χ4n) is 1.28. The van der Waals surface area contributed by atoms with Gasteiger partial charge in [-0.05, 0) is 30.2 Å². The Morgan fingerprint density at radius 2 is 2.00 bits per heavy atom. The Morgan fingerprint density at radius 1 is 1.18 bits per heavy atom. The molecule has 1 aromatic carbocycles. The zero-order chi connectivity index (χ0) is 12.1. The number of aromatic nitrogens is 2. The summed E-state index contributed by atoms with van der Waals surface area (Å²) in [5, 5.41) is 12.0. The van der Waals surface area contributed by atoms with Crippen LogP contribution in [0, 0.1) is 6.92 Å². The third kappa shape index (κ3) is 3.26. The number of rotatable bonds is 3. The Balaban J connectivity index is 2.03. The monoisotopic (exact) mass is 246 g/mol. The van der Waals surface area contributed by atoms with Crippen molar-refractivity contribution >= 4 is 23.6 Å². The summed E-state index contributed by atoms with van der Waals surface area (Å²) in [6, 6.07) is 11.4. The van der Waals surface area contributed by atoms with Gasteiger partial charge < -0.3 is 0 Å². The van der Waals surface area contributed by atoms with Gasteiger partial charge in [0, 0.05) is 0 Å². The predicted molar refractivity (Wildman–Crippen MR) is 69.4 cm³/mol. The standard InChI is InChI=1S/C12H11ClN4/c1-9-4-2-3-5-10(9)8-14-16-12-7-6-11(13)15-17-12/h2-8H,1H3,(H,16,17). The number of hydrogen-bond donors (Lipinski definition) is 1. The molecule has 0 fully saturated rings. The highest BCUT2D eigenvalue weighted by Crippen LogP contribution is 2.06. The van der Waals surface area contributed by atoms with Crippen molar-refractivity contribution in [1.29, 1.82) is 0 Å². The molecule has 0 atom stereocenters. The van der Waals surface area contributed by atoms with Crippen molar-refractivity contribution in [2.45, 2.75) is 6.92 Å². The maximum Gasteiger partial charge on any atom is 0.168 e. The van der Waals surface area contributed by atoms with Crippen LogP contribution in [0.5, 0.6) is 0 Å². The zero-order valence-corrected chi connectivity index (χ0v) is 10.0. The molecule has 0 radical (unpaired) electrons. The normalized spacial score (nSPS) is 10.7. The summed E-state index contributed by atoms with van der Waals surface area (Å²) in [6.07, 6.45) is 1.74. The predicted octanol–water partition coefficient (Wildman–Crippen LogP) is 2.88. The Bertz CT molecular complexity index is 522. The number of aryl methyl sites for hydroxylation is 1. The van der Waals surface area contributed by atoms with Crippen molar-refractivity contribution in [3.8, 4) is 0 Å². The molecular formula is C12H11ClN4. The molecule has 17 heavy (non-hydrogen) atoms. The first-order valence-corrected chi connectivity index (χ1v) is 5.47. The molecule has 1 heterocycles. The molecule has 0 bridgehead atoms. The minimum Gasteiger partial charge on any atom is -0.260 e. The number of anilines is 1. The third-order valence-corrected chi connectivity index (χ3v) is 2.40. The lowest BCUT2D eigenvalue weighted by Gasteiger charge is -1.99. The summed E-state index contributed by atoms with van der Waals surface area (Å²) in [4.78, 5) is 0. The van der Waals surface area contributed by atoms with Crippen LogP contribution in [0.2, 0.25) is 5.15 Å². The van der Waals surface area contributed by atoms with Crippen LogP contribution in [-0.4, -0.2) is 16.4 Å². The fourth-order valence-corrected chi connectivity index (χ4v) is 1.38. The molecular weight excluding hydrogens is 236 g/mol. The van der Waals surface area contributed by atoms with Gasteiger partial charge in [-0.3, -0.25) is 5.43 Å². The molecule has 2 aromatic rings. The summed E-state index contributed by atoms with van der Waals surface area (Å²) in [5.74, 6) is 0.555. The molecule has 2 rings (SSSR count). The average molecular weight is 247 g/mol. The molecule has 0 saturated heterocycles. The van der Waals surface area contributed by atoms with E-state index in [4.69, 9.17) is 11.6 Å². The van der Waals surface area contributed by atoms with Crippen molar-refractivity contribution < 1.29 is 0 Å². The van der Waals surface area contributed by atoms with E-state index in [-0.39, 0.29) is 0 Å². The number of hydrogen-bond acceptors (Lipinski definition) is 4. The summed E-state index contributed by atoms with van der Waals surface area (Å²) in [5.41, 5.74) is 5.01. The van der Waals surface area contributed by atoms with E-state index < -0.39 is 0 Å². The molecule has 86 valence electrons. The van der Waals surface area contributed by atoms with Crippen LogP contribution in [-0.2, 0) is 0 Å². The second-order valence-electron chi connectivity index (χ2n) is 3.47. The van der Waals surface area contributed by atoms with Crippen LogP contribution in [0.1, 0.15) is 11.1 Å². The van der Waals surface area contributed by atoms with Crippen LogP contribution in [0.3, 0.4) is 0 Å². The Hall–Kier alpha value is -1.94. The minimum absolute atomic E-state index is 0.360. The Labute approximate surface area is 104 Å². The van der Waals surface area contributed by atoms with E-state index in [2.05, 4.69) is 20.7 Å². The molecule has 0 aliphatic carbocycles. The van der Waals surface area contributed by atoms with E-state index in [1.165, 1.54) is 5.56 Å². The van der Waals surface area contributed by atoms with Gasteiger partial charge in [0.15, 0.2) is 11.0 Å². The van der Waals surface area contributed by atoms with E-state index in [1.54, 1.807) is 18.3 Å². The largest absolute Gasteiger partial charge is 0.260 e. The van der Waals surface area contributed by atoms with Crippen LogP contribution < -0.4 is 5.43 Å². The zero-order valence-electron chi connectivity index (χ0n) is 9.26. The number of benzene rings is 1. The highest BCUT2D eigenvalue weighted by Gasteiger charge is 1.94. The van der Waals surface area contributed by atoms with Gasteiger partial charge in [-0.1, -0.05) is 35.9 Å². The molecule has 5 heteroatoms. The van der Waals surface area contributed by atoms with Gasteiger partial charge in [0.05, 0.1) is 6.21 Å².